The summed E-state index contributed by atoms with van der Waals surface area (Å²) in [6, 6.07) is 3.71. The van der Waals surface area contributed by atoms with Crippen molar-refractivity contribution in [1.29, 1.82) is 4.78 Å². The Kier molecular flexibility index (Phi) is 5.67. The highest BCUT2D eigenvalue weighted by molar-refractivity contribution is 7.93. The van der Waals surface area contributed by atoms with Gasteiger partial charge in [-0.15, -0.1) is 0 Å². The van der Waals surface area contributed by atoms with E-state index in [1.807, 2.05) is 0 Å². The zero-order chi connectivity index (χ0) is 22.6. The van der Waals surface area contributed by atoms with Gasteiger partial charge in [0.1, 0.15) is 9.73 Å². The summed E-state index contributed by atoms with van der Waals surface area (Å²) < 4.78 is 26.7. The lowest BCUT2D eigenvalue weighted by Gasteiger charge is -2.21. The number of rotatable bonds is 8. The van der Waals surface area contributed by atoms with Gasteiger partial charge in [-0.25, -0.2) is 8.99 Å². The maximum absolute atomic E-state index is 13.1. The summed E-state index contributed by atoms with van der Waals surface area (Å²) in [5.41, 5.74) is 5.70. The summed E-state index contributed by atoms with van der Waals surface area (Å²) in [7, 11) is -3.41. The third-order valence-corrected chi connectivity index (χ3v) is 8.54. The summed E-state index contributed by atoms with van der Waals surface area (Å²) in [5.74, 6) is 0.554. The summed E-state index contributed by atoms with van der Waals surface area (Å²) in [6.07, 6.45) is 7.19. The Hall–Kier alpha value is -1.92. The lowest BCUT2D eigenvalue weighted by molar-refractivity contribution is -0.116. The third-order valence-electron chi connectivity index (χ3n) is 6.94. The molecule has 2 aliphatic rings. The van der Waals surface area contributed by atoms with E-state index in [-0.39, 0.29) is 23.0 Å². The van der Waals surface area contributed by atoms with Crippen molar-refractivity contribution in [2.45, 2.75) is 82.8 Å². The first-order valence-electron chi connectivity index (χ1n) is 11.2. The number of aryl methyl sites for hydroxylation is 1. The molecule has 4 rings (SSSR count). The molecule has 0 spiro atoms. The number of carbonyl (C=O) groups is 1. The van der Waals surface area contributed by atoms with Gasteiger partial charge in [-0.2, -0.15) is 0 Å². The van der Waals surface area contributed by atoms with Crippen molar-refractivity contribution >= 4 is 15.5 Å². The SMILES string of the molecule is Cc1cc(C(C)C2CC2)c(CC(=O)CS(=N)(=O)c2cc(C(C)(C)O)co2)c2c1CCC2. The van der Waals surface area contributed by atoms with Gasteiger partial charge < -0.3 is 9.52 Å². The zero-order valence-electron chi connectivity index (χ0n) is 18.9. The minimum Gasteiger partial charge on any atom is -0.454 e. The number of nitrogens with one attached hydrogen (secondary N) is 1. The Morgan fingerprint density at radius 2 is 1.97 bits per heavy atom. The van der Waals surface area contributed by atoms with E-state index in [1.165, 1.54) is 47.4 Å². The molecular formula is C25H33NO4S. The van der Waals surface area contributed by atoms with Crippen molar-refractivity contribution in [2.24, 2.45) is 5.92 Å². The van der Waals surface area contributed by atoms with Crippen LogP contribution in [0.5, 0.6) is 0 Å². The molecule has 0 amide bonds. The molecule has 0 radical (unpaired) electrons. The first-order valence-corrected chi connectivity index (χ1v) is 12.9. The van der Waals surface area contributed by atoms with E-state index in [0.29, 0.717) is 17.4 Å². The number of carbonyl (C=O) groups excluding carboxylic acids is 1. The van der Waals surface area contributed by atoms with Crippen LogP contribution in [-0.2, 0) is 39.4 Å². The molecule has 1 heterocycles. The molecule has 2 unspecified atom stereocenters. The normalized spacial score (nSPS) is 19.1. The Morgan fingerprint density at radius 1 is 1.29 bits per heavy atom. The molecule has 0 saturated heterocycles. The maximum atomic E-state index is 13.1. The minimum atomic E-state index is -3.41. The third kappa shape index (κ3) is 4.51. The molecule has 1 aromatic heterocycles. The maximum Gasteiger partial charge on any atom is 0.199 e. The van der Waals surface area contributed by atoms with Gasteiger partial charge in [-0.1, -0.05) is 13.0 Å². The van der Waals surface area contributed by atoms with Crippen LogP contribution in [0.1, 0.15) is 79.3 Å². The number of aliphatic hydroxyl groups is 1. The van der Waals surface area contributed by atoms with Gasteiger partial charge in [0.25, 0.3) is 0 Å². The quantitative estimate of drug-likeness (QED) is 0.598. The molecule has 2 atom stereocenters. The van der Waals surface area contributed by atoms with Gasteiger partial charge >= 0.3 is 0 Å². The topological polar surface area (TPSA) is 91.4 Å². The van der Waals surface area contributed by atoms with Gasteiger partial charge in [0.15, 0.2) is 10.9 Å². The van der Waals surface area contributed by atoms with E-state index in [4.69, 9.17) is 9.20 Å². The van der Waals surface area contributed by atoms with E-state index >= 15 is 0 Å². The zero-order valence-corrected chi connectivity index (χ0v) is 19.7. The number of benzene rings is 1. The smallest absolute Gasteiger partial charge is 0.199 e. The van der Waals surface area contributed by atoms with Gasteiger partial charge in [-0.05, 0) is 92.5 Å². The lowest BCUT2D eigenvalue weighted by Crippen LogP contribution is -2.19. The second kappa shape index (κ2) is 7.89. The van der Waals surface area contributed by atoms with Crippen LogP contribution in [0.4, 0.5) is 0 Å². The van der Waals surface area contributed by atoms with Crippen LogP contribution >= 0.6 is 0 Å². The Bertz CT molecular complexity index is 1120. The molecule has 1 saturated carbocycles. The first kappa shape index (κ1) is 22.3. The molecular weight excluding hydrogens is 410 g/mol. The van der Waals surface area contributed by atoms with Gasteiger partial charge in [0.05, 0.1) is 17.6 Å². The number of hydrogen-bond acceptors (Lipinski definition) is 5. The van der Waals surface area contributed by atoms with E-state index in [0.717, 1.165) is 24.8 Å². The molecule has 31 heavy (non-hydrogen) atoms. The van der Waals surface area contributed by atoms with Crippen LogP contribution < -0.4 is 0 Å². The fourth-order valence-electron chi connectivity index (χ4n) is 4.92. The average molecular weight is 444 g/mol. The molecule has 1 aromatic carbocycles. The van der Waals surface area contributed by atoms with E-state index in [9.17, 15) is 14.1 Å². The lowest BCUT2D eigenvalue weighted by atomic mass is 9.84. The highest BCUT2D eigenvalue weighted by Crippen LogP contribution is 2.45. The molecule has 168 valence electrons. The number of furan rings is 1. The Labute approximate surface area is 185 Å². The molecule has 2 aliphatic carbocycles. The highest BCUT2D eigenvalue weighted by atomic mass is 32.2. The monoisotopic (exact) mass is 443 g/mol. The van der Waals surface area contributed by atoms with E-state index < -0.39 is 15.3 Å². The van der Waals surface area contributed by atoms with Gasteiger partial charge in [-0.3, -0.25) is 4.79 Å². The van der Waals surface area contributed by atoms with Gasteiger partial charge in [0, 0.05) is 18.1 Å². The predicted octanol–water partition coefficient (Wildman–Crippen LogP) is 5.04. The fourth-order valence-corrected chi connectivity index (χ4v) is 6.13. The van der Waals surface area contributed by atoms with Gasteiger partial charge in [0.2, 0.25) is 0 Å². The summed E-state index contributed by atoms with van der Waals surface area (Å²) in [4.78, 5) is 13.1. The Balaban J connectivity index is 1.60. The minimum absolute atomic E-state index is 0.0429. The number of ketones is 1. The molecule has 0 aliphatic heterocycles. The van der Waals surface area contributed by atoms with Crippen molar-refractivity contribution in [2.75, 3.05) is 5.75 Å². The second-order valence-electron chi connectivity index (χ2n) is 9.95. The molecule has 2 N–H and O–H groups in total. The van der Waals surface area contributed by atoms with Crippen molar-refractivity contribution < 1.29 is 18.5 Å². The first-order chi connectivity index (χ1) is 14.5. The molecule has 5 nitrogen and oxygen atoms in total. The summed E-state index contributed by atoms with van der Waals surface area (Å²) in [5, 5.41) is 10.1. The highest BCUT2D eigenvalue weighted by Gasteiger charge is 2.33. The van der Waals surface area contributed by atoms with Crippen LogP contribution in [-0.4, -0.2) is 20.9 Å². The van der Waals surface area contributed by atoms with E-state index in [1.54, 1.807) is 13.8 Å². The standard InChI is InChI=1S/C25H33NO4S/c1-15-10-22(16(2)17-8-9-17)23(21-7-5-6-20(15)21)12-19(27)14-31(26,29)24-11-18(13-30-24)25(3,4)28/h10-11,13,16-17,26,28H,5-9,12,14H2,1-4H3. The van der Waals surface area contributed by atoms with Crippen molar-refractivity contribution in [3.8, 4) is 0 Å². The number of hydrogen-bond donors (Lipinski definition) is 2. The summed E-state index contributed by atoms with van der Waals surface area (Å²) >= 11 is 0. The predicted molar refractivity (Wildman–Crippen MR) is 121 cm³/mol. The van der Waals surface area contributed by atoms with Crippen LogP contribution in [0.2, 0.25) is 0 Å². The van der Waals surface area contributed by atoms with Crippen molar-refractivity contribution in [3.63, 3.8) is 0 Å². The van der Waals surface area contributed by atoms with Crippen LogP contribution in [0.15, 0.2) is 27.9 Å². The molecule has 1 fully saturated rings. The van der Waals surface area contributed by atoms with Crippen molar-refractivity contribution in [3.05, 3.63) is 51.8 Å². The van der Waals surface area contributed by atoms with Crippen LogP contribution in [0, 0.1) is 17.6 Å². The number of fused-ring (bicyclic) bond motifs is 1. The van der Waals surface area contributed by atoms with E-state index in [2.05, 4.69) is 19.9 Å². The fraction of sp³-hybridized carbons (Fsp3) is 0.560. The number of Topliss-reactive ketones (excluding diaryl/α,β-unsaturated/α-hetero) is 1. The Morgan fingerprint density at radius 3 is 2.58 bits per heavy atom. The largest absolute Gasteiger partial charge is 0.454 e. The van der Waals surface area contributed by atoms with Crippen molar-refractivity contribution in [1.82, 2.24) is 0 Å². The molecule has 6 heteroatoms. The average Bonchev–Trinajstić information content (AvgIpc) is 3.17. The van der Waals surface area contributed by atoms with Crippen LogP contribution in [0.25, 0.3) is 0 Å². The van der Waals surface area contributed by atoms with Crippen LogP contribution in [0.3, 0.4) is 0 Å². The summed E-state index contributed by atoms with van der Waals surface area (Å²) in [6.45, 7) is 7.63. The molecule has 2 aromatic rings. The second-order valence-corrected chi connectivity index (χ2v) is 12.0. The molecule has 0 bridgehead atoms.